The summed E-state index contributed by atoms with van der Waals surface area (Å²) >= 11 is 1.20. The minimum atomic E-state index is -3.62. The number of nitrogens with zero attached hydrogens (tertiary/aromatic N) is 5. The van der Waals surface area contributed by atoms with Crippen molar-refractivity contribution < 1.29 is 13.2 Å². The van der Waals surface area contributed by atoms with Crippen LogP contribution in [0.4, 0.5) is 5.69 Å². The largest absolute Gasteiger partial charge is 0.325 e. The summed E-state index contributed by atoms with van der Waals surface area (Å²) in [7, 11) is -3.62. The molecule has 2 aromatic carbocycles. The molecule has 1 N–H and O–H groups in total. The summed E-state index contributed by atoms with van der Waals surface area (Å²) in [6, 6.07) is 12.5. The van der Waals surface area contributed by atoms with Crippen molar-refractivity contribution in [3.05, 3.63) is 53.6 Å². The Kier molecular flexibility index (Phi) is 7.64. The monoisotopic (exact) mass is 474 g/mol. The van der Waals surface area contributed by atoms with E-state index in [1.54, 1.807) is 30.7 Å². The predicted octanol–water partition coefficient (Wildman–Crippen LogP) is 3.04. The van der Waals surface area contributed by atoms with Gasteiger partial charge in [-0.2, -0.15) is 8.99 Å². The van der Waals surface area contributed by atoms with Crippen LogP contribution in [0.15, 0.2) is 52.5 Å². The van der Waals surface area contributed by atoms with E-state index in [9.17, 15) is 13.2 Å². The van der Waals surface area contributed by atoms with Gasteiger partial charge in [-0.05, 0) is 54.1 Å². The van der Waals surface area contributed by atoms with Gasteiger partial charge in [0.25, 0.3) is 0 Å². The van der Waals surface area contributed by atoms with E-state index in [1.807, 2.05) is 38.1 Å². The van der Waals surface area contributed by atoms with Gasteiger partial charge >= 0.3 is 0 Å². The number of aromatic nitrogens is 4. The van der Waals surface area contributed by atoms with E-state index in [0.29, 0.717) is 23.9 Å². The minimum Gasteiger partial charge on any atom is -0.325 e. The highest BCUT2D eigenvalue weighted by Crippen LogP contribution is 2.24. The number of rotatable bonds is 9. The zero-order valence-corrected chi connectivity index (χ0v) is 20.1. The molecule has 3 rings (SSSR count). The summed E-state index contributed by atoms with van der Waals surface area (Å²) in [5.74, 6) is -0.215. The standard InChI is InChI=1S/C21H26N6O3S2/c1-5-26(6-2)32(29,30)18-12-9-16(4)19(13-18)22-20(28)14-31-21-23-24-25-27(21)17-10-7-15(3)8-11-17/h7-13H,5-6,14H2,1-4H3,(H,22,28). The molecule has 0 spiro atoms. The Bertz CT molecular complexity index is 1190. The fourth-order valence-corrected chi connectivity index (χ4v) is 5.22. The van der Waals surface area contributed by atoms with Crippen molar-refractivity contribution >= 4 is 33.4 Å². The van der Waals surface area contributed by atoms with E-state index in [1.165, 1.54) is 22.1 Å². The second-order valence-electron chi connectivity index (χ2n) is 7.11. The first-order chi connectivity index (χ1) is 15.3. The van der Waals surface area contributed by atoms with E-state index in [2.05, 4.69) is 20.8 Å². The van der Waals surface area contributed by atoms with Crippen LogP contribution < -0.4 is 5.32 Å². The van der Waals surface area contributed by atoms with Crippen LogP contribution in [-0.2, 0) is 14.8 Å². The molecule has 11 heteroatoms. The highest BCUT2D eigenvalue weighted by molar-refractivity contribution is 7.99. The normalized spacial score (nSPS) is 11.7. The Morgan fingerprint density at radius 2 is 1.78 bits per heavy atom. The van der Waals surface area contributed by atoms with Gasteiger partial charge in [-0.1, -0.05) is 49.4 Å². The Morgan fingerprint density at radius 1 is 1.09 bits per heavy atom. The SMILES string of the molecule is CCN(CC)S(=O)(=O)c1ccc(C)c(NC(=O)CSc2nnnn2-c2ccc(C)cc2)c1. The van der Waals surface area contributed by atoms with Gasteiger partial charge in [0.2, 0.25) is 21.1 Å². The number of anilines is 1. The van der Waals surface area contributed by atoms with E-state index in [0.717, 1.165) is 16.8 Å². The molecule has 3 aromatic rings. The highest BCUT2D eigenvalue weighted by Gasteiger charge is 2.22. The molecule has 170 valence electrons. The molecule has 0 saturated heterocycles. The van der Waals surface area contributed by atoms with Crippen molar-refractivity contribution in [2.24, 2.45) is 0 Å². The number of hydrogen-bond donors (Lipinski definition) is 1. The fraction of sp³-hybridized carbons (Fsp3) is 0.333. The molecule has 0 saturated carbocycles. The molecule has 1 aromatic heterocycles. The zero-order chi connectivity index (χ0) is 23.3. The van der Waals surface area contributed by atoms with Crippen LogP contribution in [0.2, 0.25) is 0 Å². The lowest BCUT2D eigenvalue weighted by atomic mass is 10.2. The summed E-state index contributed by atoms with van der Waals surface area (Å²) in [4.78, 5) is 12.7. The van der Waals surface area contributed by atoms with Crippen LogP contribution in [-0.4, -0.2) is 57.7 Å². The molecule has 1 heterocycles. The number of amides is 1. The van der Waals surface area contributed by atoms with E-state index >= 15 is 0 Å². The molecule has 32 heavy (non-hydrogen) atoms. The van der Waals surface area contributed by atoms with Gasteiger partial charge in [0.1, 0.15) is 0 Å². The quantitative estimate of drug-likeness (QED) is 0.475. The van der Waals surface area contributed by atoms with Crippen LogP contribution in [0.5, 0.6) is 0 Å². The first-order valence-corrected chi connectivity index (χ1v) is 12.6. The summed E-state index contributed by atoms with van der Waals surface area (Å²) in [6.45, 7) is 8.14. The Balaban J connectivity index is 1.71. The summed E-state index contributed by atoms with van der Waals surface area (Å²) in [5, 5.41) is 15.0. The topological polar surface area (TPSA) is 110 Å². The smallest absolute Gasteiger partial charge is 0.243 e. The second kappa shape index (κ2) is 10.2. The molecular weight excluding hydrogens is 448 g/mol. The van der Waals surface area contributed by atoms with Crippen LogP contribution >= 0.6 is 11.8 Å². The van der Waals surface area contributed by atoms with Gasteiger partial charge < -0.3 is 5.32 Å². The zero-order valence-electron chi connectivity index (χ0n) is 18.4. The maximum Gasteiger partial charge on any atom is 0.243 e. The summed E-state index contributed by atoms with van der Waals surface area (Å²) in [5.41, 5.74) is 3.15. The van der Waals surface area contributed by atoms with Crippen LogP contribution in [0.3, 0.4) is 0 Å². The van der Waals surface area contributed by atoms with Gasteiger partial charge in [-0.15, -0.1) is 5.10 Å². The number of benzene rings is 2. The van der Waals surface area contributed by atoms with E-state index < -0.39 is 10.0 Å². The van der Waals surface area contributed by atoms with Crippen molar-refractivity contribution in [3.8, 4) is 5.69 Å². The lowest BCUT2D eigenvalue weighted by molar-refractivity contribution is -0.113. The molecular formula is C21H26N6O3S2. The number of aryl methyl sites for hydroxylation is 2. The van der Waals surface area contributed by atoms with Gasteiger partial charge in [-0.3, -0.25) is 4.79 Å². The Labute approximate surface area is 192 Å². The molecule has 9 nitrogen and oxygen atoms in total. The lowest BCUT2D eigenvalue weighted by Gasteiger charge is -2.19. The lowest BCUT2D eigenvalue weighted by Crippen LogP contribution is -2.30. The third kappa shape index (κ3) is 5.34. The number of sulfonamides is 1. The summed E-state index contributed by atoms with van der Waals surface area (Å²) in [6.07, 6.45) is 0. The van der Waals surface area contributed by atoms with Crippen LogP contribution in [0, 0.1) is 13.8 Å². The number of tetrazole rings is 1. The van der Waals surface area contributed by atoms with Crippen molar-refractivity contribution in [3.63, 3.8) is 0 Å². The molecule has 0 atom stereocenters. The number of carbonyl (C=O) groups is 1. The van der Waals surface area contributed by atoms with Crippen molar-refractivity contribution in [2.45, 2.75) is 37.7 Å². The van der Waals surface area contributed by atoms with Crippen molar-refractivity contribution in [1.29, 1.82) is 0 Å². The number of hydrogen-bond acceptors (Lipinski definition) is 7. The fourth-order valence-electron chi connectivity index (χ4n) is 3.04. The summed E-state index contributed by atoms with van der Waals surface area (Å²) < 4.78 is 28.6. The van der Waals surface area contributed by atoms with Gasteiger partial charge in [0.15, 0.2) is 0 Å². The van der Waals surface area contributed by atoms with Crippen LogP contribution in [0.25, 0.3) is 5.69 Å². The molecule has 0 bridgehead atoms. The molecule has 0 fully saturated rings. The van der Waals surface area contributed by atoms with Gasteiger partial charge in [0.05, 0.1) is 16.3 Å². The third-order valence-electron chi connectivity index (χ3n) is 4.88. The second-order valence-corrected chi connectivity index (χ2v) is 9.99. The van der Waals surface area contributed by atoms with Gasteiger partial charge in [-0.25, -0.2) is 8.42 Å². The molecule has 0 aliphatic carbocycles. The van der Waals surface area contributed by atoms with E-state index in [-0.39, 0.29) is 16.6 Å². The van der Waals surface area contributed by atoms with Crippen molar-refractivity contribution in [1.82, 2.24) is 24.5 Å². The number of thioether (sulfide) groups is 1. The van der Waals surface area contributed by atoms with E-state index in [4.69, 9.17) is 0 Å². The molecule has 0 aliphatic heterocycles. The first-order valence-electron chi connectivity index (χ1n) is 10.1. The third-order valence-corrected chi connectivity index (χ3v) is 7.84. The average molecular weight is 475 g/mol. The molecule has 1 amide bonds. The number of carbonyl (C=O) groups excluding carboxylic acids is 1. The maximum absolute atomic E-state index is 12.8. The maximum atomic E-state index is 12.8. The van der Waals surface area contributed by atoms with Crippen molar-refractivity contribution in [2.75, 3.05) is 24.2 Å². The first kappa shape index (κ1) is 23.9. The molecule has 0 radical (unpaired) electrons. The Hall–Kier alpha value is -2.76. The van der Waals surface area contributed by atoms with Gasteiger partial charge in [0, 0.05) is 18.8 Å². The average Bonchev–Trinajstić information content (AvgIpc) is 3.23. The predicted molar refractivity (Wildman–Crippen MR) is 125 cm³/mol. The Morgan fingerprint density at radius 3 is 2.44 bits per heavy atom. The minimum absolute atomic E-state index is 0.0682. The molecule has 0 aliphatic rings. The highest BCUT2D eigenvalue weighted by atomic mass is 32.2. The molecule has 0 unspecified atom stereocenters. The number of nitrogens with one attached hydrogen (secondary N) is 1. The van der Waals surface area contributed by atoms with Crippen LogP contribution in [0.1, 0.15) is 25.0 Å².